The van der Waals surface area contributed by atoms with Gasteiger partial charge in [-0.2, -0.15) is 0 Å². The van der Waals surface area contributed by atoms with Crippen LogP contribution >= 0.6 is 15.9 Å². The molecule has 0 bridgehead atoms. The van der Waals surface area contributed by atoms with Crippen LogP contribution in [0.2, 0.25) is 0 Å². The predicted molar refractivity (Wildman–Crippen MR) is 79.0 cm³/mol. The minimum atomic E-state index is 0.178. The SMILES string of the molecule is O=C1CCOc2ccccc2N1CC1(CBr)CCC1. The molecular weight excluding hydrogens is 306 g/mol. The molecule has 1 heterocycles. The number of rotatable bonds is 3. The molecule has 1 aromatic rings. The molecule has 0 saturated heterocycles. The molecule has 1 fully saturated rings. The maximum Gasteiger partial charge on any atom is 0.230 e. The molecule has 1 aliphatic carbocycles. The maximum atomic E-state index is 12.3. The monoisotopic (exact) mass is 323 g/mol. The Labute approximate surface area is 122 Å². The zero-order valence-corrected chi connectivity index (χ0v) is 12.5. The molecule has 0 unspecified atom stereocenters. The Hall–Kier alpha value is -1.03. The van der Waals surface area contributed by atoms with Gasteiger partial charge in [0.05, 0.1) is 18.7 Å². The lowest BCUT2D eigenvalue weighted by Crippen LogP contribution is -2.46. The second-order valence-corrected chi connectivity index (χ2v) is 6.09. The molecule has 3 nitrogen and oxygen atoms in total. The highest BCUT2D eigenvalue weighted by Crippen LogP contribution is 2.45. The molecular formula is C15H18BrNO2. The first-order chi connectivity index (χ1) is 9.24. The molecule has 1 saturated carbocycles. The first kappa shape index (κ1) is 13.0. The third-order valence-electron chi connectivity index (χ3n) is 4.22. The van der Waals surface area contributed by atoms with E-state index in [0.717, 1.165) is 23.3 Å². The van der Waals surface area contributed by atoms with Gasteiger partial charge in [0.2, 0.25) is 5.91 Å². The van der Waals surface area contributed by atoms with Gasteiger partial charge in [-0.3, -0.25) is 4.79 Å². The van der Waals surface area contributed by atoms with Gasteiger partial charge in [0.1, 0.15) is 5.75 Å². The average Bonchev–Trinajstić information content (AvgIpc) is 2.53. The van der Waals surface area contributed by atoms with Gasteiger partial charge in [-0.05, 0) is 30.4 Å². The van der Waals surface area contributed by atoms with Crippen LogP contribution in [0.25, 0.3) is 0 Å². The number of carbonyl (C=O) groups is 1. The van der Waals surface area contributed by atoms with Gasteiger partial charge in [0.25, 0.3) is 0 Å². The van der Waals surface area contributed by atoms with Crippen molar-refractivity contribution in [1.29, 1.82) is 0 Å². The largest absolute Gasteiger partial charge is 0.491 e. The summed E-state index contributed by atoms with van der Waals surface area (Å²) in [6.07, 6.45) is 4.13. The van der Waals surface area contributed by atoms with E-state index in [-0.39, 0.29) is 11.3 Å². The first-order valence-electron chi connectivity index (χ1n) is 6.82. The van der Waals surface area contributed by atoms with Crippen LogP contribution in [-0.4, -0.2) is 24.4 Å². The molecule has 19 heavy (non-hydrogen) atoms. The number of amides is 1. The van der Waals surface area contributed by atoms with Gasteiger partial charge in [-0.15, -0.1) is 0 Å². The lowest BCUT2D eigenvalue weighted by Gasteiger charge is -2.43. The highest BCUT2D eigenvalue weighted by atomic mass is 79.9. The fraction of sp³-hybridized carbons (Fsp3) is 0.533. The van der Waals surface area contributed by atoms with Crippen molar-refractivity contribution in [3.8, 4) is 5.75 Å². The summed E-state index contributed by atoms with van der Waals surface area (Å²) < 4.78 is 5.67. The number of anilines is 1. The summed E-state index contributed by atoms with van der Waals surface area (Å²) in [5.41, 5.74) is 1.19. The van der Waals surface area contributed by atoms with Gasteiger partial charge < -0.3 is 9.64 Å². The topological polar surface area (TPSA) is 29.5 Å². The van der Waals surface area contributed by atoms with E-state index in [9.17, 15) is 4.79 Å². The van der Waals surface area contributed by atoms with E-state index in [0.29, 0.717) is 13.0 Å². The molecule has 0 aromatic heterocycles. The van der Waals surface area contributed by atoms with Gasteiger partial charge >= 0.3 is 0 Å². The molecule has 0 radical (unpaired) electrons. The van der Waals surface area contributed by atoms with Crippen molar-refractivity contribution in [2.75, 3.05) is 23.4 Å². The van der Waals surface area contributed by atoms with E-state index in [1.807, 2.05) is 29.2 Å². The van der Waals surface area contributed by atoms with Crippen LogP contribution in [0, 0.1) is 5.41 Å². The third-order valence-corrected chi connectivity index (χ3v) is 5.41. The van der Waals surface area contributed by atoms with Crippen LogP contribution in [0.4, 0.5) is 5.69 Å². The van der Waals surface area contributed by atoms with Crippen molar-refractivity contribution in [1.82, 2.24) is 0 Å². The second kappa shape index (κ2) is 5.16. The number of benzene rings is 1. The Bertz CT molecular complexity index is 479. The Morgan fingerprint density at radius 2 is 2.11 bits per heavy atom. The number of para-hydroxylation sites is 2. The zero-order chi connectivity index (χ0) is 13.3. The van der Waals surface area contributed by atoms with Crippen molar-refractivity contribution in [2.24, 2.45) is 5.41 Å². The number of halogens is 1. The van der Waals surface area contributed by atoms with E-state index < -0.39 is 0 Å². The molecule has 102 valence electrons. The van der Waals surface area contributed by atoms with Crippen LogP contribution in [0.3, 0.4) is 0 Å². The summed E-state index contributed by atoms with van der Waals surface area (Å²) >= 11 is 3.62. The Kier molecular flexibility index (Phi) is 3.52. The minimum Gasteiger partial charge on any atom is -0.491 e. The molecule has 1 aromatic carbocycles. The molecule has 0 spiro atoms. The molecule has 1 amide bonds. The van der Waals surface area contributed by atoms with Crippen LogP contribution in [0.15, 0.2) is 24.3 Å². The van der Waals surface area contributed by atoms with Crippen LogP contribution in [0.5, 0.6) is 5.75 Å². The summed E-state index contributed by atoms with van der Waals surface area (Å²) in [5, 5.41) is 0.965. The second-order valence-electron chi connectivity index (χ2n) is 5.53. The van der Waals surface area contributed by atoms with Crippen LogP contribution in [-0.2, 0) is 4.79 Å². The fourth-order valence-corrected chi connectivity index (χ4v) is 3.58. The van der Waals surface area contributed by atoms with Crippen LogP contribution < -0.4 is 9.64 Å². The number of fused-ring (bicyclic) bond motifs is 1. The molecule has 3 rings (SSSR count). The molecule has 2 aliphatic rings. The number of hydrogen-bond acceptors (Lipinski definition) is 2. The lowest BCUT2D eigenvalue weighted by atomic mass is 9.70. The van der Waals surface area contributed by atoms with E-state index in [1.54, 1.807) is 0 Å². The maximum absolute atomic E-state index is 12.3. The number of alkyl halides is 1. The Balaban J connectivity index is 1.91. The third kappa shape index (κ3) is 2.38. The molecule has 0 N–H and O–H groups in total. The van der Waals surface area contributed by atoms with Crippen molar-refractivity contribution < 1.29 is 9.53 Å². The van der Waals surface area contributed by atoms with Gasteiger partial charge in [0, 0.05) is 11.9 Å². The summed E-state index contributed by atoms with van der Waals surface area (Å²) in [6.45, 7) is 1.28. The number of hydrogen-bond donors (Lipinski definition) is 0. The number of carbonyl (C=O) groups excluding carboxylic acids is 1. The average molecular weight is 324 g/mol. The summed E-state index contributed by atoms with van der Waals surface area (Å²) in [5.74, 6) is 1.01. The van der Waals surface area contributed by atoms with Gasteiger partial charge in [-0.1, -0.05) is 34.5 Å². The highest BCUT2D eigenvalue weighted by molar-refractivity contribution is 9.09. The Morgan fingerprint density at radius 3 is 2.79 bits per heavy atom. The van der Waals surface area contributed by atoms with Crippen molar-refractivity contribution >= 4 is 27.5 Å². The van der Waals surface area contributed by atoms with Crippen molar-refractivity contribution in [3.63, 3.8) is 0 Å². The molecule has 0 atom stereocenters. The fourth-order valence-electron chi connectivity index (χ4n) is 2.84. The van der Waals surface area contributed by atoms with Crippen LogP contribution in [0.1, 0.15) is 25.7 Å². The van der Waals surface area contributed by atoms with E-state index in [4.69, 9.17) is 4.74 Å². The van der Waals surface area contributed by atoms with Crippen molar-refractivity contribution in [3.05, 3.63) is 24.3 Å². The normalized spacial score (nSPS) is 21.1. The van der Waals surface area contributed by atoms with E-state index in [1.165, 1.54) is 19.3 Å². The standard InChI is InChI=1S/C15H18BrNO2/c16-10-15(7-3-8-15)11-17-12-4-1-2-5-13(12)19-9-6-14(17)18/h1-2,4-5H,3,6-11H2. The lowest BCUT2D eigenvalue weighted by molar-refractivity contribution is -0.119. The van der Waals surface area contributed by atoms with Crippen molar-refractivity contribution in [2.45, 2.75) is 25.7 Å². The highest BCUT2D eigenvalue weighted by Gasteiger charge is 2.39. The first-order valence-corrected chi connectivity index (χ1v) is 7.94. The number of ether oxygens (including phenoxy) is 1. The Morgan fingerprint density at radius 1 is 1.32 bits per heavy atom. The summed E-state index contributed by atoms with van der Waals surface area (Å²) in [6, 6.07) is 7.85. The quantitative estimate of drug-likeness (QED) is 0.798. The smallest absolute Gasteiger partial charge is 0.230 e. The molecule has 4 heteroatoms. The van der Waals surface area contributed by atoms with E-state index >= 15 is 0 Å². The zero-order valence-electron chi connectivity index (χ0n) is 10.9. The minimum absolute atomic E-state index is 0.178. The number of nitrogens with zero attached hydrogens (tertiary/aromatic N) is 1. The molecule has 1 aliphatic heterocycles. The van der Waals surface area contributed by atoms with Gasteiger partial charge in [-0.25, -0.2) is 0 Å². The van der Waals surface area contributed by atoms with Gasteiger partial charge in [0.15, 0.2) is 0 Å². The summed E-state index contributed by atoms with van der Waals surface area (Å²) in [7, 11) is 0. The predicted octanol–water partition coefficient (Wildman–Crippen LogP) is 3.37. The van der Waals surface area contributed by atoms with E-state index in [2.05, 4.69) is 15.9 Å². The summed E-state index contributed by atoms with van der Waals surface area (Å²) in [4.78, 5) is 14.3.